The minimum absolute atomic E-state index is 0.00354. The van der Waals surface area contributed by atoms with Gasteiger partial charge in [0.25, 0.3) is 0 Å². The molecule has 27 heavy (non-hydrogen) atoms. The van der Waals surface area contributed by atoms with E-state index in [1.54, 1.807) is 12.1 Å². The first-order valence-corrected chi connectivity index (χ1v) is 12.0. The molecule has 0 unspecified atom stereocenters. The van der Waals surface area contributed by atoms with Crippen LogP contribution in [0.15, 0.2) is 27.9 Å². The molecule has 0 aliphatic heterocycles. The zero-order valence-electron chi connectivity index (χ0n) is 15.1. The number of hydrogen-bond acceptors (Lipinski definition) is 5. The molecule has 4 aliphatic carbocycles. The smallest absolute Gasteiger partial charge is 0.305 e. The van der Waals surface area contributed by atoms with Crippen LogP contribution >= 0.6 is 11.3 Å². The van der Waals surface area contributed by atoms with Gasteiger partial charge < -0.3 is 9.72 Å². The Morgan fingerprint density at radius 1 is 1.15 bits per heavy atom. The molecule has 4 aliphatic rings. The van der Waals surface area contributed by atoms with E-state index in [1.807, 2.05) is 0 Å². The number of nitrogens with one attached hydrogen (secondary N) is 2. The highest BCUT2D eigenvalue weighted by Gasteiger charge is 2.51. The van der Waals surface area contributed by atoms with Crippen LogP contribution < -0.4 is 9.60 Å². The summed E-state index contributed by atoms with van der Waals surface area (Å²) < 4.78 is 34.7. The summed E-state index contributed by atoms with van der Waals surface area (Å²) in [5.41, 5.74) is 0.658. The number of rotatable bonds is 6. The summed E-state index contributed by atoms with van der Waals surface area (Å²) in [4.78, 5) is 14.1. The van der Waals surface area contributed by atoms with Crippen molar-refractivity contribution in [1.29, 1.82) is 0 Å². The molecule has 4 saturated carbocycles. The predicted molar refractivity (Wildman–Crippen MR) is 104 cm³/mol. The topological polar surface area (TPSA) is 88.3 Å². The molecule has 2 aromatic rings. The fourth-order valence-corrected chi connectivity index (χ4v) is 7.72. The van der Waals surface area contributed by atoms with Crippen LogP contribution in [0, 0.1) is 17.8 Å². The molecule has 6 nitrogen and oxygen atoms in total. The molecule has 146 valence electrons. The maximum Gasteiger partial charge on any atom is 0.305 e. The van der Waals surface area contributed by atoms with E-state index in [2.05, 4.69) is 9.71 Å². The highest BCUT2D eigenvalue weighted by atomic mass is 32.2. The van der Waals surface area contributed by atoms with Crippen LogP contribution in [0.5, 0.6) is 0 Å². The summed E-state index contributed by atoms with van der Waals surface area (Å²) >= 11 is 1.01. The Morgan fingerprint density at radius 3 is 2.48 bits per heavy atom. The van der Waals surface area contributed by atoms with E-state index in [0.29, 0.717) is 16.8 Å². The molecule has 1 heterocycles. The van der Waals surface area contributed by atoms with Crippen LogP contribution in [0.1, 0.15) is 38.5 Å². The van der Waals surface area contributed by atoms with Gasteiger partial charge in [-0.05, 0) is 74.5 Å². The van der Waals surface area contributed by atoms with Crippen LogP contribution in [0.3, 0.4) is 0 Å². The van der Waals surface area contributed by atoms with Crippen LogP contribution in [0.2, 0.25) is 0 Å². The molecule has 6 rings (SSSR count). The van der Waals surface area contributed by atoms with Gasteiger partial charge in [-0.1, -0.05) is 11.3 Å². The average Bonchev–Trinajstić information content (AvgIpc) is 2.97. The van der Waals surface area contributed by atoms with Crippen molar-refractivity contribution in [1.82, 2.24) is 9.71 Å². The Bertz CT molecular complexity index is 988. The van der Waals surface area contributed by atoms with Crippen LogP contribution in [-0.4, -0.2) is 32.2 Å². The minimum atomic E-state index is -3.61. The van der Waals surface area contributed by atoms with E-state index in [4.69, 9.17) is 4.74 Å². The predicted octanol–water partition coefficient (Wildman–Crippen LogP) is 2.85. The van der Waals surface area contributed by atoms with Gasteiger partial charge in [-0.3, -0.25) is 4.79 Å². The highest BCUT2D eigenvalue weighted by molar-refractivity contribution is 7.89. The molecule has 2 N–H and O–H groups in total. The first-order chi connectivity index (χ1) is 12.9. The van der Waals surface area contributed by atoms with Gasteiger partial charge in [-0.2, -0.15) is 0 Å². The number of H-pyrrole nitrogens is 1. The highest BCUT2D eigenvalue weighted by Crippen LogP contribution is 2.57. The summed E-state index contributed by atoms with van der Waals surface area (Å²) in [7, 11) is -3.61. The monoisotopic (exact) mass is 408 g/mol. The van der Waals surface area contributed by atoms with E-state index in [9.17, 15) is 13.2 Å². The van der Waals surface area contributed by atoms with Gasteiger partial charge in [0.05, 0.1) is 27.3 Å². The van der Waals surface area contributed by atoms with Gasteiger partial charge in [-0.25, -0.2) is 13.1 Å². The van der Waals surface area contributed by atoms with E-state index < -0.39 is 10.0 Å². The molecule has 0 radical (unpaired) electrons. The Hall–Kier alpha value is -1.22. The first-order valence-electron chi connectivity index (χ1n) is 9.67. The van der Waals surface area contributed by atoms with Gasteiger partial charge >= 0.3 is 4.87 Å². The van der Waals surface area contributed by atoms with Crippen LogP contribution in [-0.2, 0) is 14.8 Å². The lowest BCUT2D eigenvalue weighted by molar-refractivity contribution is -0.160. The van der Waals surface area contributed by atoms with Gasteiger partial charge in [0, 0.05) is 6.54 Å². The largest absolute Gasteiger partial charge is 0.374 e. The van der Waals surface area contributed by atoms with E-state index >= 15 is 0 Å². The molecule has 4 fully saturated rings. The van der Waals surface area contributed by atoms with Crippen molar-refractivity contribution in [3.05, 3.63) is 27.9 Å². The quantitative estimate of drug-likeness (QED) is 0.720. The van der Waals surface area contributed by atoms with Crippen LogP contribution in [0.4, 0.5) is 0 Å². The number of aromatic amines is 1. The minimum Gasteiger partial charge on any atom is -0.374 e. The lowest BCUT2D eigenvalue weighted by Gasteiger charge is -2.56. The van der Waals surface area contributed by atoms with Crippen molar-refractivity contribution >= 4 is 31.6 Å². The van der Waals surface area contributed by atoms with Crippen molar-refractivity contribution in [2.75, 3.05) is 13.2 Å². The van der Waals surface area contributed by atoms with Gasteiger partial charge in [0.2, 0.25) is 10.0 Å². The normalized spacial score (nSPS) is 32.4. The standard InChI is InChI=1S/C19H24N2O4S2/c22-18-21-16-2-1-15(8-17(16)26-18)27(23,24)20-3-4-25-19-9-12-5-13(10-19)7-14(6-12)11-19/h1-2,8,12-14,20H,3-7,9-11H2,(H,21,22). The number of hydrogen-bond donors (Lipinski definition) is 2. The maximum atomic E-state index is 12.6. The molecule has 0 amide bonds. The third-order valence-electron chi connectivity index (χ3n) is 6.49. The fraction of sp³-hybridized carbons (Fsp3) is 0.632. The molecule has 0 atom stereocenters. The Labute approximate surface area is 162 Å². The summed E-state index contributed by atoms with van der Waals surface area (Å²) in [6.45, 7) is 0.677. The SMILES string of the molecule is O=c1[nH]c2ccc(S(=O)(=O)NCCOC34CC5CC(CC(C5)C3)C4)cc2s1. The van der Waals surface area contributed by atoms with Crippen molar-refractivity contribution in [2.24, 2.45) is 17.8 Å². The second-order valence-corrected chi connectivity index (χ2v) is 11.3. The average molecular weight is 409 g/mol. The van der Waals surface area contributed by atoms with E-state index in [1.165, 1.54) is 25.3 Å². The Kier molecular flexibility index (Phi) is 4.23. The molecule has 0 saturated heterocycles. The lowest BCUT2D eigenvalue weighted by atomic mass is 9.54. The van der Waals surface area contributed by atoms with E-state index in [0.717, 1.165) is 48.4 Å². The fourth-order valence-electron chi connectivity index (χ4n) is 5.83. The third-order valence-corrected chi connectivity index (χ3v) is 8.79. The maximum absolute atomic E-state index is 12.6. The first kappa shape index (κ1) is 17.8. The van der Waals surface area contributed by atoms with E-state index in [-0.39, 0.29) is 21.9 Å². The van der Waals surface area contributed by atoms with Crippen LogP contribution in [0.25, 0.3) is 10.2 Å². The molecule has 4 bridgehead atoms. The third kappa shape index (κ3) is 3.37. The number of fused-ring (bicyclic) bond motifs is 1. The zero-order valence-corrected chi connectivity index (χ0v) is 16.7. The molecular formula is C19H24N2O4S2. The van der Waals surface area contributed by atoms with Crippen molar-refractivity contribution in [2.45, 2.75) is 49.0 Å². The Balaban J connectivity index is 1.21. The summed E-state index contributed by atoms with van der Waals surface area (Å²) in [6.07, 6.45) is 7.54. The second kappa shape index (κ2) is 6.40. The molecular weight excluding hydrogens is 384 g/mol. The summed E-state index contributed by atoms with van der Waals surface area (Å²) in [5, 5.41) is 0. The van der Waals surface area contributed by atoms with Crippen molar-refractivity contribution in [3.63, 3.8) is 0 Å². The zero-order chi connectivity index (χ0) is 18.6. The summed E-state index contributed by atoms with van der Waals surface area (Å²) in [6, 6.07) is 4.70. The molecule has 8 heteroatoms. The van der Waals surface area contributed by atoms with Crippen molar-refractivity contribution < 1.29 is 13.2 Å². The number of thiazole rings is 1. The molecule has 1 aromatic carbocycles. The van der Waals surface area contributed by atoms with Gasteiger partial charge in [0.1, 0.15) is 0 Å². The van der Waals surface area contributed by atoms with Crippen molar-refractivity contribution in [3.8, 4) is 0 Å². The molecule has 1 aromatic heterocycles. The number of aromatic nitrogens is 1. The number of benzene rings is 1. The Morgan fingerprint density at radius 2 is 1.81 bits per heavy atom. The lowest BCUT2D eigenvalue weighted by Crippen LogP contribution is -2.52. The van der Waals surface area contributed by atoms with Gasteiger partial charge in [-0.15, -0.1) is 0 Å². The summed E-state index contributed by atoms with van der Waals surface area (Å²) in [5.74, 6) is 2.44. The second-order valence-electron chi connectivity index (χ2n) is 8.52. The molecule has 0 spiro atoms. The number of sulfonamides is 1. The van der Waals surface area contributed by atoms with Gasteiger partial charge in [0.15, 0.2) is 0 Å². The number of ether oxygens (including phenoxy) is 1.